The van der Waals surface area contributed by atoms with Crippen LogP contribution in [-0.2, 0) is 4.79 Å². The van der Waals surface area contributed by atoms with Crippen LogP contribution in [0.25, 0.3) is 17.2 Å². The van der Waals surface area contributed by atoms with Gasteiger partial charge >= 0.3 is 5.97 Å². The predicted octanol–water partition coefficient (Wildman–Crippen LogP) is 1.76. The van der Waals surface area contributed by atoms with Crippen LogP contribution in [0.1, 0.15) is 5.56 Å². The minimum Gasteiger partial charge on any atom is -0.478 e. The van der Waals surface area contributed by atoms with Gasteiger partial charge in [-0.2, -0.15) is 0 Å². The molecule has 0 amide bonds. The Labute approximate surface area is 63.8 Å². The van der Waals surface area contributed by atoms with Gasteiger partial charge in [0.15, 0.2) is 0 Å². The maximum atomic E-state index is 10.1. The first-order chi connectivity index (χ1) is 5.27. The molecule has 0 bridgehead atoms. The molecule has 0 unspecified atom stereocenters. The SMILES string of the molecule is O=C(O)C=Cc1ccc2cc1-2. The first-order valence-electron chi connectivity index (χ1n) is 3.33. The summed E-state index contributed by atoms with van der Waals surface area (Å²) in [7, 11) is 0. The van der Waals surface area contributed by atoms with E-state index in [2.05, 4.69) is 0 Å². The summed E-state index contributed by atoms with van der Waals surface area (Å²) >= 11 is 0. The molecule has 0 saturated carbocycles. The molecular formula is C9H6O2. The van der Waals surface area contributed by atoms with Crippen molar-refractivity contribution < 1.29 is 9.90 Å². The van der Waals surface area contributed by atoms with Crippen molar-refractivity contribution in [2.24, 2.45) is 0 Å². The van der Waals surface area contributed by atoms with Crippen LogP contribution in [0, 0.1) is 0 Å². The standard InChI is InChI=1S/C9H6O2/c10-9(11)4-3-6-1-2-7-5-8(6)7/h1-5H,(H,10,11). The van der Waals surface area contributed by atoms with E-state index >= 15 is 0 Å². The average molecular weight is 146 g/mol. The fourth-order valence-corrected chi connectivity index (χ4v) is 1.08. The second-order valence-electron chi connectivity index (χ2n) is 2.47. The van der Waals surface area contributed by atoms with E-state index < -0.39 is 5.97 Å². The van der Waals surface area contributed by atoms with Gasteiger partial charge < -0.3 is 5.11 Å². The zero-order valence-corrected chi connectivity index (χ0v) is 5.74. The minimum atomic E-state index is -0.902. The van der Waals surface area contributed by atoms with E-state index in [0.717, 1.165) is 11.6 Å². The van der Waals surface area contributed by atoms with Crippen molar-refractivity contribution in [3.8, 4) is 11.1 Å². The number of carbonyl (C=O) groups is 1. The van der Waals surface area contributed by atoms with E-state index in [-0.39, 0.29) is 0 Å². The van der Waals surface area contributed by atoms with Gasteiger partial charge in [0.05, 0.1) is 0 Å². The molecule has 2 rings (SSSR count). The Balaban J connectivity index is 2.20. The molecule has 11 heavy (non-hydrogen) atoms. The van der Waals surface area contributed by atoms with Crippen molar-refractivity contribution in [1.82, 2.24) is 0 Å². The Morgan fingerprint density at radius 1 is 1.45 bits per heavy atom. The van der Waals surface area contributed by atoms with Crippen LogP contribution >= 0.6 is 0 Å². The van der Waals surface area contributed by atoms with Crippen LogP contribution in [0.3, 0.4) is 0 Å². The van der Waals surface area contributed by atoms with Gasteiger partial charge in [-0.25, -0.2) is 4.79 Å². The molecule has 0 heterocycles. The van der Waals surface area contributed by atoms with E-state index in [1.807, 2.05) is 18.2 Å². The van der Waals surface area contributed by atoms with Gasteiger partial charge in [0, 0.05) is 6.08 Å². The smallest absolute Gasteiger partial charge is 0.328 e. The fourth-order valence-electron chi connectivity index (χ4n) is 1.08. The first kappa shape index (κ1) is 6.16. The molecule has 0 aromatic carbocycles. The molecule has 2 heteroatoms. The van der Waals surface area contributed by atoms with E-state index in [0.29, 0.717) is 0 Å². The summed E-state index contributed by atoms with van der Waals surface area (Å²) in [5.41, 5.74) is 3.42. The van der Waals surface area contributed by atoms with Gasteiger partial charge in [0.2, 0.25) is 0 Å². The van der Waals surface area contributed by atoms with Gasteiger partial charge in [-0.15, -0.1) is 0 Å². The summed E-state index contributed by atoms with van der Waals surface area (Å²) < 4.78 is 0. The Kier molecular flexibility index (Phi) is 1.09. The maximum absolute atomic E-state index is 10.1. The summed E-state index contributed by atoms with van der Waals surface area (Å²) in [4.78, 5) is 10.1. The lowest BCUT2D eigenvalue weighted by Crippen LogP contribution is -1.84. The maximum Gasteiger partial charge on any atom is 0.328 e. The number of rotatable bonds is 2. The zero-order valence-electron chi connectivity index (χ0n) is 5.74. The lowest BCUT2D eigenvalue weighted by atomic mass is 10.2. The number of aliphatic carboxylic acids is 1. The molecule has 0 atom stereocenters. The highest BCUT2D eigenvalue weighted by Crippen LogP contribution is 2.38. The van der Waals surface area contributed by atoms with Crippen LogP contribution in [0.15, 0.2) is 24.3 Å². The van der Waals surface area contributed by atoms with E-state index in [1.165, 1.54) is 11.1 Å². The van der Waals surface area contributed by atoms with Crippen molar-refractivity contribution in [2.45, 2.75) is 0 Å². The third-order valence-electron chi connectivity index (χ3n) is 1.69. The number of benzene rings is 1. The van der Waals surface area contributed by atoms with Crippen LogP contribution in [0.5, 0.6) is 0 Å². The second-order valence-corrected chi connectivity index (χ2v) is 2.47. The molecule has 0 spiro atoms. The number of carboxylic acids is 1. The molecule has 0 radical (unpaired) electrons. The van der Waals surface area contributed by atoms with Crippen molar-refractivity contribution in [2.75, 3.05) is 0 Å². The molecule has 2 aliphatic rings. The molecule has 1 N–H and O–H groups in total. The molecule has 0 aromatic heterocycles. The van der Waals surface area contributed by atoms with Gasteiger partial charge in [-0.3, -0.25) is 0 Å². The van der Waals surface area contributed by atoms with E-state index in [9.17, 15) is 4.79 Å². The minimum absolute atomic E-state index is 0.902. The third kappa shape index (κ3) is 1.03. The van der Waals surface area contributed by atoms with Gasteiger partial charge in [0.1, 0.15) is 0 Å². The Hall–Kier alpha value is -1.57. The third-order valence-corrected chi connectivity index (χ3v) is 1.69. The molecule has 0 aromatic rings. The summed E-state index contributed by atoms with van der Waals surface area (Å²) in [6, 6.07) is 5.93. The van der Waals surface area contributed by atoms with Crippen molar-refractivity contribution >= 4 is 12.0 Å². The normalized spacial score (nSPS) is 12.0. The van der Waals surface area contributed by atoms with Crippen molar-refractivity contribution in [1.29, 1.82) is 0 Å². The molecule has 0 fully saturated rings. The van der Waals surface area contributed by atoms with Crippen molar-refractivity contribution in [3.63, 3.8) is 0 Å². The highest BCUT2D eigenvalue weighted by molar-refractivity contribution is 5.93. The second kappa shape index (κ2) is 1.95. The lowest BCUT2D eigenvalue weighted by molar-refractivity contribution is -0.131. The topological polar surface area (TPSA) is 37.3 Å². The molecule has 54 valence electrons. The van der Waals surface area contributed by atoms with E-state index in [4.69, 9.17) is 5.11 Å². The van der Waals surface area contributed by atoms with Crippen LogP contribution < -0.4 is 0 Å². The molecule has 0 saturated heterocycles. The summed E-state index contributed by atoms with van der Waals surface area (Å²) in [6.07, 6.45) is 2.77. The van der Waals surface area contributed by atoms with Gasteiger partial charge in [0.25, 0.3) is 0 Å². The van der Waals surface area contributed by atoms with Crippen molar-refractivity contribution in [3.05, 3.63) is 29.8 Å². The molecule has 0 aliphatic heterocycles. The first-order valence-corrected chi connectivity index (χ1v) is 3.33. The van der Waals surface area contributed by atoms with Gasteiger partial charge in [-0.05, 0) is 28.8 Å². The zero-order chi connectivity index (χ0) is 7.84. The Morgan fingerprint density at radius 2 is 2.27 bits per heavy atom. The van der Waals surface area contributed by atoms with Crippen LogP contribution in [0.2, 0.25) is 0 Å². The predicted molar refractivity (Wildman–Crippen MR) is 42.1 cm³/mol. The molecule has 2 aliphatic carbocycles. The highest BCUT2D eigenvalue weighted by Gasteiger charge is 2.14. The van der Waals surface area contributed by atoms with Gasteiger partial charge in [-0.1, -0.05) is 12.1 Å². The Bertz CT molecular complexity index is 351. The van der Waals surface area contributed by atoms with E-state index in [1.54, 1.807) is 6.08 Å². The lowest BCUT2D eigenvalue weighted by Gasteiger charge is -1.81. The van der Waals surface area contributed by atoms with Crippen LogP contribution in [0.4, 0.5) is 0 Å². The summed E-state index contributed by atoms with van der Waals surface area (Å²) in [5.74, 6) is -0.902. The largest absolute Gasteiger partial charge is 0.478 e. The molecular weight excluding hydrogens is 140 g/mol. The number of fused-ring (bicyclic) bond motifs is 1. The summed E-state index contributed by atoms with van der Waals surface area (Å²) in [6.45, 7) is 0. The van der Waals surface area contributed by atoms with Crippen LogP contribution in [-0.4, -0.2) is 11.1 Å². The monoisotopic (exact) mass is 146 g/mol. The number of hydrogen-bond acceptors (Lipinski definition) is 1. The average Bonchev–Trinajstić information content (AvgIpc) is 2.62. The quantitative estimate of drug-likeness (QED) is 0.655. The number of carboxylic acid groups (broad SMARTS) is 1. The Morgan fingerprint density at radius 3 is 2.73 bits per heavy atom. The highest BCUT2D eigenvalue weighted by atomic mass is 16.4. The summed E-state index contributed by atoms with van der Waals surface area (Å²) in [5, 5.41) is 8.32. The molecule has 2 nitrogen and oxygen atoms in total. The number of hydrogen-bond donors (Lipinski definition) is 1. The fraction of sp³-hybridized carbons (Fsp3) is 0.